The summed E-state index contributed by atoms with van der Waals surface area (Å²) >= 11 is 0. The molecule has 0 aromatic carbocycles. The highest BCUT2D eigenvalue weighted by Gasteiger charge is 1.90. The molecular formula is C8H9NO. The van der Waals surface area contributed by atoms with Gasteiger partial charge in [0.2, 0.25) is 0 Å². The average molecular weight is 135 g/mol. The second-order valence-corrected chi connectivity index (χ2v) is 2.24. The molecule has 1 aromatic rings. The Kier molecular flexibility index (Phi) is 2.15. The summed E-state index contributed by atoms with van der Waals surface area (Å²) in [5.41, 5.74) is 2.08. The van der Waals surface area contributed by atoms with E-state index in [0.717, 1.165) is 17.4 Å². The molecule has 1 aromatic heterocycles. The number of hydrogen-bond donors (Lipinski definition) is 0. The van der Waals surface area contributed by atoms with Gasteiger partial charge in [0, 0.05) is 18.8 Å². The van der Waals surface area contributed by atoms with Crippen molar-refractivity contribution in [1.29, 1.82) is 0 Å². The Morgan fingerprint density at radius 3 is 3.00 bits per heavy atom. The number of pyridine rings is 1. The Balaban J connectivity index is 2.84. The van der Waals surface area contributed by atoms with Gasteiger partial charge in [-0.25, -0.2) is 0 Å². The minimum absolute atomic E-state index is 0.467. The SMILES string of the molecule is Cc1cncc(CC=O)c1. The number of hydrogen-bond acceptors (Lipinski definition) is 2. The van der Waals surface area contributed by atoms with E-state index in [-0.39, 0.29) is 0 Å². The summed E-state index contributed by atoms with van der Waals surface area (Å²) in [6.45, 7) is 1.96. The van der Waals surface area contributed by atoms with Crippen molar-refractivity contribution < 1.29 is 4.79 Å². The first kappa shape index (κ1) is 6.93. The highest BCUT2D eigenvalue weighted by Crippen LogP contribution is 1.99. The summed E-state index contributed by atoms with van der Waals surface area (Å²) in [5, 5.41) is 0. The Morgan fingerprint density at radius 1 is 1.60 bits per heavy atom. The van der Waals surface area contributed by atoms with E-state index in [1.165, 1.54) is 0 Å². The second kappa shape index (κ2) is 3.11. The summed E-state index contributed by atoms with van der Waals surface area (Å²) in [5.74, 6) is 0. The lowest BCUT2D eigenvalue weighted by Crippen LogP contribution is -1.87. The zero-order chi connectivity index (χ0) is 7.40. The number of rotatable bonds is 2. The van der Waals surface area contributed by atoms with Gasteiger partial charge in [-0.2, -0.15) is 0 Å². The van der Waals surface area contributed by atoms with Crippen molar-refractivity contribution in [2.24, 2.45) is 0 Å². The molecule has 1 rings (SSSR count). The van der Waals surface area contributed by atoms with Gasteiger partial charge >= 0.3 is 0 Å². The van der Waals surface area contributed by atoms with Gasteiger partial charge in [-0.05, 0) is 18.1 Å². The van der Waals surface area contributed by atoms with Crippen LogP contribution in [0.15, 0.2) is 18.5 Å². The van der Waals surface area contributed by atoms with Gasteiger partial charge < -0.3 is 4.79 Å². The molecule has 0 saturated carbocycles. The van der Waals surface area contributed by atoms with Crippen LogP contribution < -0.4 is 0 Å². The summed E-state index contributed by atoms with van der Waals surface area (Å²) in [6.07, 6.45) is 4.83. The van der Waals surface area contributed by atoms with E-state index in [4.69, 9.17) is 0 Å². The molecule has 0 N–H and O–H groups in total. The number of carbonyl (C=O) groups excluding carboxylic acids is 1. The zero-order valence-electron chi connectivity index (χ0n) is 5.87. The second-order valence-electron chi connectivity index (χ2n) is 2.24. The smallest absolute Gasteiger partial charge is 0.124 e. The van der Waals surface area contributed by atoms with Crippen LogP contribution in [0.4, 0.5) is 0 Å². The maximum atomic E-state index is 10.1. The van der Waals surface area contributed by atoms with E-state index in [2.05, 4.69) is 4.98 Å². The van der Waals surface area contributed by atoms with E-state index in [0.29, 0.717) is 6.42 Å². The lowest BCUT2D eigenvalue weighted by molar-refractivity contribution is -0.107. The van der Waals surface area contributed by atoms with Crippen LogP contribution in [-0.4, -0.2) is 11.3 Å². The van der Waals surface area contributed by atoms with E-state index in [1.54, 1.807) is 12.4 Å². The third kappa shape index (κ3) is 1.65. The largest absolute Gasteiger partial charge is 0.303 e. The van der Waals surface area contributed by atoms with Crippen molar-refractivity contribution in [3.63, 3.8) is 0 Å². The first-order valence-electron chi connectivity index (χ1n) is 3.17. The molecule has 0 aliphatic heterocycles. The van der Waals surface area contributed by atoms with Gasteiger partial charge in [-0.15, -0.1) is 0 Å². The molecule has 0 radical (unpaired) electrons. The fourth-order valence-corrected chi connectivity index (χ4v) is 0.825. The lowest BCUT2D eigenvalue weighted by atomic mass is 10.2. The summed E-state index contributed by atoms with van der Waals surface area (Å²) in [6, 6.07) is 1.96. The van der Waals surface area contributed by atoms with Crippen LogP contribution in [0, 0.1) is 6.92 Å². The Hall–Kier alpha value is -1.18. The van der Waals surface area contributed by atoms with E-state index >= 15 is 0 Å². The molecule has 0 fully saturated rings. The van der Waals surface area contributed by atoms with Crippen LogP contribution in [0.3, 0.4) is 0 Å². The van der Waals surface area contributed by atoms with Crippen molar-refractivity contribution >= 4 is 6.29 Å². The van der Waals surface area contributed by atoms with E-state index in [9.17, 15) is 4.79 Å². The first-order chi connectivity index (χ1) is 4.83. The molecule has 10 heavy (non-hydrogen) atoms. The minimum Gasteiger partial charge on any atom is -0.303 e. The third-order valence-corrected chi connectivity index (χ3v) is 1.25. The number of carbonyl (C=O) groups is 1. The van der Waals surface area contributed by atoms with Crippen LogP contribution in [0.1, 0.15) is 11.1 Å². The average Bonchev–Trinajstić information content (AvgIpc) is 1.88. The summed E-state index contributed by atoms with van der Waals surface area (Å²) < 4.78 is 0. The standard InChI is InChI=1S/C8H9NO/c1-7-4-8(2-3-10)6-9-5-7/h3-6H,2H2,1H3. The predicted molar refractivity (Wildman–Crippen MR) is 38.7 cm³/mol. The van der Waals surface area contributed by atoms with Crippen molar-refractivity contribution in [1.82, 2.24) is 4.98 Å². The normalized spacial score (nSPS) is 9.30. The maximum Gasteiger partial charge on any atom is 0.124 e. The molecule has 0 aliphatic rings. The maximum absolute atomic E-state index is 10.1. The zero-order valence-corrected chi connectivity index (χ0v) is 5.87. The van der Waals surface area contributed by atoms with Crippen molar-refractivity contribution in [3.8, 4) is 0 Å². The quantitative estimate of drug-likeness (QED) is 0.569. The molecule has 2 heteroatoms. The highest BCUT2D eigenvalue weighted by atomic mass is 16.1. The number of aryl methyl sites for hydroxylation is 1. The molecule has 0 aliphatic carbocycles. The summed E-state index contributed by atoms with van der Waals surface area (Å²) in [4.78, 5) is 14.0. The molecule has 0 atom stereocenters. The Bertz CT molecular complexity index is 232. The van der Waals surface area contributed by atoms with E-state index < -0.39 is 0 Å². The van der Waals surface area contributed by atoms with E-state index in [1.807, 2.05) is 13.0 Å². The van der Waals surface area contributed by atoms with Gasteiger partial charge in [0.05, 0.1) is 0 Å². The molecule has 0 saturated heterocycles. The molecule has 52 valence electrons. The highest BCUT2D eigenvalue weighted by molar-refractivity contribution is 5.54. The van der Waals surface area contributed by atoms with Gasteiger partial charge in [0.25, 0.3) is 0 Å². The van der Waals surface area contributed by atoms with Crippen LogP contribution in [-0.2, 0) is 11.2 Å². The lowest BCUT2D eigenvalue weighted by Gasteiger charge is -1.93. The van der Waals surface area contributed by atoms with Crippen LogP contribution in [0.2, 0.25) is 0 Å². The van der Waals surface area contributed by atoms with Crippen LogP contribution in [0.25, 0.3) is 0 Å². The number of aldehydes is 1. The molecule has 0 spiro atoms. The predicted octanol–water partition coefficient (Wildman–Crippen LogP) is 1.13. The third-order valence-electron chi connectivity index (χ3n) is 1.25. The minimum atomic E-state index is 0.467. The van der Waals surface area contributed by atoms with Gasteiger partial charge in [-0.3, -0.25) is 4.98 Å². The molecular weight excluding hydrogens is 126 g/mol. The molecule has 1 heterocycles. The van der Waals surface area contributed by atoms with Crippen molar-refractivity contribution in [2.45, 2.75) is 13.3 Å². The van der Waals surface area contributed by atoms with Crippen molar-refractivity contribution in [2.75, 3.05) is 0 Å². The number of nitrogens with zero attached hydrogens (tertiary/aromatic N) is 1. The molecule has 2 nitrogen and oxygen atoms in total. The van der Waals surface area contributed by atoms with Gasteiger partial charge in [-0.1, -0.05) is 6.07 Å². The fraction of sp³-hybridized carbons (Fsp3) is 0.250. The van der Waals surface area contributed by atoms with Crippen molar-refractivity contribution in [3.05, 3.63) is 29.6 Å². The van der Waals surface area contributed by atoms with Gasteiger partial charge in [0.1, 0.15) is 6.29 Å². The molecule has 0 bridgehead atoms. The summed E-state index contributed by atoms with van der Waals surface area (Å²) in [7, 11) is 0. The monoisotopic (exact) mass is 135 g/mol. The van der Waals surface area contributed by atoms with Crippen LogP contribution >= 0.6 is 0 Å². The topological polar surface area (TPSA) is 30.0 Å². The Morgan fingerprint density at radius 2 is 2.40 bits per heavy atom. The molecule has 0 unspecified atom stereocenters. The van der Waals surface area contributed by atoms with Gasteiger partial charge in [0.15, 0.2) is 0 Å². The molecule has 0 amide bonds. The first-order valence-corrected chi connectivity index (χ1v) is 3.17. The van der Waals surface area contributed by atoms with Crippen LogP contribution in [0.5, 0.6) is 0 Å². The fourth-order valence-electron chi connectivity index (χ4n) is 0.825. The Labute approximate surface area is 59.9 Å². The number of aromatic nitrogens is 1.